The lowest BCUT2D eigenvalue weighted by Gasteiger charge is -2.12. The van der Waals surface area contributed by atoms with Crippen molar-refractivity contribution in [3.8, 4) is 0 Å². The second-order valence-corrected chi connectivity index (χ2v) is 9.45. The van der Waals surface area contributed by atoms with E-state index in [1.54, 1.807) is 0 Å². The zero-order chi connectivity index (χ0) is 20.9. The molecule has 0 bridgehead atoms. The predicted octanol–water partition coefficient (Wildman–Crippen LogP) is 9.17. The first kappa shape index (κ1) is 27.5. The van der Waals surface area contributed by atoms with E-state index in [-0.39, 0.29) is 5.92 Å². The van der Waals surface area contributed by atoms with Crippen LogP contribution in [0.3, 0.4) is 0 Å². The van der Waals surface area contributed by atoms with Gasteiger partial charge in [-0.05, 0) is 18.8 Å². The zero-order valence-electron chi connectivity index (χ0n) is 19.7. The van der Waals surface area contributed by atoms with Crippen LogP contribution in [0.25, 0.3) is 0 Å². The molecule has 0 spiro atoms. The first-order chi connectivity index (χ1) is 13.6. The highest BCUT2D eigenvalue weighted by atomic mass is 16.4. The maximum absolute atomic E-state index is 11.4. The number of unbranched alkanes of at least 4 members (excludes halogenated alkanes) is 15. The molecule has 0 fully saturated rings. The molecule has 0 aliphatic heterocycles. The minimum absolute atomic E-state index is 0.101. The Hall–Kier alpha value is -0.530. The summed E-state index contributed by atoms with van der Waals surface area (Å²) in [7, 11) is 0. The number of hydrogen-bond acceptors (Lipinski definition) is 1. The second kappa shape index (κ2) is 21.2. The topological polar surface area (TPSA) is 37.3 Å². The van der Waals surface area contributed by atoms with E-state index in [4.69, 9.17) is 0 Å². The first-order valence-electron chi connectivity index (χ1n) is 12.8. The minimum atomic E-state index is -0.571. The third kappa shape index (κ3) is 20.2. The lowest BCUT2D eigenvalue weighted by molar-refractivity contribution is -0.142. The molecule has 2 nitrogen and oxygen atoms in total. The summed E-state index contributed by atoms with van der Waals surface area (Å²) >= 11 is 0. The largest absolute Gasteiger partial charge is 0.481 e. The molecule has 0 radical (unpaired) electrons. The fourth-order valence-corrected chi connectivity index (χ4v) is 4.10. The molecule has 0 aromatic carbocycles. The highest BCUT2D eigenvalue weighted by molar-refractivity contribution is 5.69. The summed E-state index contributed by atoms with van der Waals surface area (Å²) in [6.07, 6.45) is 25.6. The van der Waals surface area contributed by atoms with E-state index in [0.29, 0.717) is 0 Å². The standard InChI is InChI=1S/C26H52O2/c1-4-5-6-7-8-9-10-11-12-13-14-15-16-19-22-25(26(27)28)23-20-17-18-21-24(2)3/h24-25H,4-23H2,1-3H3,(H,27,28). The molecule has 0 aromatic rings. The van der Waals surface area contributed by atoms with Crippen LogP contribution in [-0.4, -0.2) is 11.1 Å². The van der Waals surface area contributed by atoms with Gasteiger partial charge in [0.25, 0.3) is 0 Å². The summed E-state index contributed by atoms with van der Waals surface area (Å²) in [6, 6.07) is 0. The molecule has 0 aromatic heterocycles. The van der Waals surface area contributed by atoms with Gasteiger partial charge in [-0.15, -0.1) is 0 Å². The van der Waals surface area contributed by atoms with E-state index in [1.165, 1.54) is 103 Å². The maximum atomic E-state index is 11.4. The molecule has 0 saturated carbocycles. The molecule has 2 heteroatoms. The number of carbonyl (C=O) groups is 1. The van der Waals surface area contributed by atoms with Gasteiger partial charge in [-0.2, -0.15) is 0 Å². The van der Waals surface area contributed by atoms with Gasteiger partial charge in [0, 0.05) is 0 Å². The van der Waals surface area contributed by atoms with Crippen LogP contribution in [0.1, 0.15) is 149 Å². The van der Waals surface area contributed by atoms with Gasteiger partial charge in [0.05, 0.1) is 5.92 Å². The molecule has 0 amide bonds. The molecule has 1 unspecified atom stereocenters. The van der Waals surface area contributed by atoms with Gasteiger partial charge in [0.2, 0.25) is 0 Å². The summed E-state index contributed by atoms with van der Waals surface area (Å²) < 4.78 is 0. The summed E-state index contributed by atoms with van der Waals surface area (Å²) in [4.78, 5) is 11.4. The molecule has 0 rings (SSSR count). The van der Waals surface area contributed by atoms with Gasteiger partial charge >= 0.3 is 5.97 Å². The van der Waals surface area contributed by atoms with Gasteiger partial charge in [0.15, 0.2) is 0 Å². The molecule has 0 saturated heterocycles. The molecule has 0 aliphatic rings. The van der Waals surface area contributed by atoms with E-state index in [2.05, 4.69) is 20.8 Å². The van der Waals surface area contributed by atoms with Crippen molar-refractivity contribution >= 4 is 5.97 Å². The van der Waals surface area contributed by atoms with Crippen molar-refractivity contribution < 1.29 is 9.90 Å². The molecule has 0 heterocycles. The number of hydrogen-bond donors (Lipinski definition) is 1. The molecule has 0 aliphatic carbocycles. The Bertz CT molecular complexity index is 324. The lowest BCUT2D eigenvalue weighted by atomic mass is 9.94. The zero-order valence-corrected chi connectivity index (χ0v) is 19.7. The Kier molecular flexibility index (Phi) is 20.8. The third-order valence-electron chi connectivity index (χ3n) is 6.09. The quantitative estimate of drug-likeness (QED) is 0.185. The van der Waals surface area contributed by atoms with Crippen LogP contribution in [0, 0.1) is 11.8 Å². The summed E-state index contributed by atoms with van der Waals surface area (Å²) in [5, 5.41) is 9.42. The van der Waals surface area contributed by atoms with E-state index in [0.717, 1.165) is 31.6 Å². The number of aliphatic carboxylic acids is 1. The van der Waals surface area contributed by atoms with Gasteiger partial charge in [-0.3, -0.25) is 4.79 Å². The van der Waals surface area contributed by atoms with Crippen LogP contribution in [0.15, 0.2) is 0 Å². The van der Waals surface area contributed by atoms with Crippen molar-refractivity contribution in [2.45, 2.75) is 149 Å². The van der Waals surface area contributed by atoms with E-state index < -0.39 is 5.97 Å². The Morgan fingerprint density at radius 2 is 0.893 bits per heavy atom. The normalized spacial score (nSPS) is 12.6. The predicted molar refractivity (Wildman–Crippen MR) is 124 cm³/mol. The Labute approximate surface area is 177 Å². The average molecular weight is 397 g/mol. The van der Waals surface area contributed by atoms with E-state index >= 15 is 0 Å². The highest BCUT2D eigenvalue weighted by Crippen LogP contribution is 2.20. The smallest absolute Gasteiger partial charge is 0.306 e. The van der Waals surface area contributed by atoms with Crippen LogP contribution in [0.5, 0.6) is 0 Å². The number of rotatable bonds is 22. The van der Waals surface area contributed by atoms with Crippen LogP contribution in [0.2, 0.25) is 0 Å². The highest BCUT2D eigenvalue weighted by Gasteiger charge is 2.16. The summed E-state index contributed by atoms with van der Waals surface area (Å²) in [5.41, 5.74) is 0. The average Bonchev–Trinajstić information content (AvgIpc) is 2.65. The maximum Gasteiger partial charge on any atom is 0.306 e. The molecule has 1 atom stereocenters. The van der Waals surface area contributed by atoms with Crippen LogP contribution in [0.4, 0.5) is 0 Å². The fraction of sp³-hybridized carbons (Fsp3) is 0.962. The first-order valence-corrected chi connectivity index (χ1v) is 12.8. The van der Waals surface area contributed by atoms with Crippen LogP contribution >= 0.6 is 0 Å². The molecular weight excluding hydrogens is 344 g/mol. The van der Waals surface area contributed by atoms with Crippen molar-refractivity contribution in [1.82, 2.24) is 0 Å². The third-order valence-corrected chi connectivity index (χ3v) is 6.09. The number of carboxylic acids is 1. The van der Waals surface area contributed by atoms with E-state index in [1.807, 2.05) is 0 Å². The molecule has 1 N–H and O–H groups in total. The Morgan fingerprint density at radius 1 is 0.571 bits per heavy atom. The van der Waals surface area contributed by atoms with Crippen molar-refractivity contribution in [3.63, 3.8) is 0 Å². The Morgan fingerprint density at radius 3 is 1.25 bits per heavy atom. The van der Waals surface area contributed by atoms with Crippen molar-refractivity contribution in [2.24, 2.45) is 11.8 Å². The van der Waals surface area contributed by atoms with E-state index in [9.17, 15) is 9.90 Å². The van der Waals surface area contributed by atoms with Gasteiger partial charge in [0.1, 0.15) is 0 Å². The fourth-order valence-electron chi connectivity index (χ4n) is 4.10. The minimum Gasteiger partial charge on any atom is -0.481 e. The molecular formula is C26H52O2. The van der Waals surface area contributed by atoms with Gasteiger partial charge in [-0.25, -0.2) is 0 Å². The lowest BCUT2D eigenvalue weighted by Crippen LogP contribution is -2.13. The SMILES string of the molecule is CCCCCCCCCCCCCCCCC(CCCCCC(C)C)C(=O)O. The summed E-state index contributed by atoms with van der Waals surface area (Å²) in [6.45, 7) is 6.80. The van der Waals surface area contributed by atoms with Crippen LogP contribution < -0.4 is 0 Å². The molecule has 28 heavy (non-hydrogen) atoms. The van der Waals surface area contributed by atoms with Crippen molar-refractivity contribution in [1.29, 1.82) is 0 Å². The molecule has 168 valence electrons. The second-order valence-electron chi connectivity index (χ2n) is 9.45. The van der Waals surface area contributed by atoms with Crippen molar-refractivity contribution in [2.75, 3.05) is 0 Å². The number of carboxylic acid groups (broad SMARTS) is 1. The van der Waals surface area contributed by atoms with Crippen LogP contribution in [-0.2, 0) is 4.79 Å². The van der Waals surface area contributed by atoms with Gasteiger partial charge in [-0.1, -0.05) is 136 Å². The summed E-state index contributed by atoms with van der Waals surface area (Å²) in [5.74, 6) is 0.0979. The monoisotopic (exact) mass is 396 g/mol. The van der Waals surface area contributed by atoms with Gasteiger partial charge < -0.3 is 5.11 Å². The van der Waals surface area contributed by atoms with Crippen molar-refractivity contribution in [3.05, 3.63) is 0 Å². The Balaban J connectivity index is 3.40.